The summed E-state index contributed by atoms with van der Waals surface area (Å²) in [5.41, 5.74) is 0.250. The van der Waals surface area contributed by atoms with Gasteiger partial charge in [0.1, 0.15) is 0 Å². The molecule has 0 aromatic rings. The van der Waals surface area contributed by atoms with Gasteiger partial charge in [0.05, 0.1) is 0 Å². The second-order valence-electron chi connectivity index (χ2n) is 2.56. The summed E-state index contributed by atoms with van der Waals surface area (Å²) >= 11 is 0. The Hall–Kier alpha value is 0.648. The molecule has 2 heteroatoms. The van der Waals surface area contributed by atoms with E-state index in [4.69, 9.17) is 0 Å². The molecule has 0 saturated carbocycles. The van der Waals surface area contributed by atoms with Crippen LogP contribution in [0.1, 0.15) is 20.8 Å². The molecule has 0 amide bonds. The molecule has 0 radical (unpaired) electrons. The summed E-state index contributed by atoms with van der Waals surface area (Å²) in [6.07, 6.45) is 0. The predicted molar refractivity (Wildman–Crippen MR) is 42.9 cm³/mol. The van der Waals surface area contributed by atoms with Gasteiger partial charge in [-0.15, -0.1) is 0 Å². The Bertz CT molecular complexity index is 24.4. The first-order valence-corrected chi connectivity index (χ1v) is 1.85. The van der Waals surface area contributed by atoms with Gasteiger partial charge in [0.2, 0.25) is 0 Å². The monoisotopic (exact) mass is 312 g/mol. The maximum Gasteiger partial charge on any atom is 4.00 e. The van der Waals surface area contributed by atoms with Gasteiger partial charge in [0.15, 0.2) is 0 Å². The van der Waals surface area contributed by atoms with Crippen molar-refractivity contribution in [2.24, 2.45) is 5.41 Å². The Kier molecular flexibility index (Phi) is 42.5. The fraction of sp³-hybridized carbons (Fsp3) is 0.571. The van der Waals surface area contributed by atoms with E-state index in [1.165, 1.54) is 0 Å². The van der Waals surface area contributed by atoms with Crippen LogP contribution in [0.5, 0.6) is 0 Å². The molecule has 0 aromatic heterocycles. The Morgan fingerprint density at radius 1 is 1.00 bits per heavy atom. The third-order valence-electron chi connectivity index (χ3n) is 0. The summed E-state index contributed by atoms with van der Waals surface area (Å²) in [4.78, 5) is 0. The summed E-state index contributed by atoms with van der Waals surface area (Å²) in [6, 6.07) is 0. The third-order valence-corrected chi connectivity index (χ3v) is 0. The van der Waals surface area contributed by atoms with Gasteiger partial charge in [0, 0.05) is 0 Å². The van der Waals surface area contributed by atoms with Gasteiger partial charge in [-0.25, -0.2) is 0 Å². The van der Waals surface area contributed by atoms with E-state index in [-0.39, 0.29) is 47.5 Å². The van der Waals surface area contributed by atoms with E-state index in [1.54, 1.807) is 0 Å². The molecule has 0 atom stereocenters. The zero-order valence-electron chi connectivity index (χ0n) is 7.10. The van der Waals surface area contributed by atoms with Crippen LogP contribution in [-0.4, -0.2) is 0 Å². The van der Waals surface area contributed by atoms with E-state index in [2.05, 4.69) is 27.7 Å². The van der Waals surface area contributed by atoms with Crippen molar-refractivity contribution in [3.63, 3.8) is 0 Å². The van der Waals surface area contributed by atoms with Crippen LogP contribution in [-0.2, 0) is 21.1 Å². The molecule has 0 spiro atoms. The molecule has 0 unspecified atom stereocenters. The van der Waals surface area contributed by atoms with Gasteiger partial charge in [0.25, 0.3) is 0 Å². The first kappa shape index (κ1) is 33.4. The molecular weight excluding hydrogens is 293 g/mol. The zero-order valence-corrected chi connectivity index (χ0v) is 9.37. The molecule has 0 aliphatic heterocycles. The van der Waals surface area contributed by atoms with E-state index < -0.39 is 0 Å². The van der Waals surface area contributed by atoms with Crippen molar-refractivity contribution >= 4 is 0 Å². The minimum absolute atomic E-state index is 0. The number of hydrogen-bond donors (Lipinski definition) is 0. The first-order chi connectivity index (χ1) is 2.00. The molecule has 0 aliphatic rings. The first-order valence-electron chi connectivity index (χ1n) is 1.85. The minimum Gasteiger partial charge on any atom is -0.693 e. The molecule has 9 heavy (non-hydrogen) atoms. The van der Waals surface area contributed by atoms with Crippen molar-refractivity contribution in [3.05, 3.63) is 27.9 Å². The summed E-state index contributed by atoms with van der Waals surface area (Å²) < 4.78 is 0. The summed E-state index contributed by atoms with van der Waals surface area (Å²) in [5, 5.41) is 0. The van der Waals surface area contributed by atoms with Crippen molar-refractivity contribution in [3.8, 4) is 0 Å². The van der Waals surface area contributed by atoms with Crippen LogP contribution in [0.25, 0.3) is 6.15 Å². The molecule has 0 heterocycles. The summed E-state index contributed by atoms with van der Waals surface area (Å²) in [6.45, 7) is 10.0. The van der Waals surface area contributed by atoms with Crippen LogP contribution in [0, 0.1) is 27.2 Å². The van der Waals surface area contributed by atoms with Crippen molar-refractivity contribution in [2.75, 3.05) is 0 Å². The van der Waals surface area contributed by atoms with E-state index in [9.17, 15) is 0 Å². The Balaban J connectivity index is -0.0000000133. The van der Waals surface area contributed by atoms with Crippen LogP contribution < -0.4 is 0 Å². The Morgan fingerprint density at radius 3 is 1.00 bits per heavy atom. The number of rotatable bonds is 0. The topological polar surface area (TPSA) is 33.5 Å². The van der Waals surface area contributed by atoms with Crippen LogP contribution in [0.2, 0.25) is 0 Å². The summed E-state index contributed by atoms with van der Waals surface area (Å²) in [5.74, 6) is 0. The largest absolute Gasteiger partial charge is 4.00 e. The molecule has 0 aromatic carbocycles. The fourth-order valence-corrected chi connectivity index (χ4v) is 0. The van der Waals surface area contributed by atoms with Crippen LogP contribution in [0.4, 0.5) is 0 Å². The second kappa shape index (κ2) is 11.4. The van der Waals surface area contributed by atoms with Crippen LogP contribution in [0.3, 0.4) is 0 Å². The minimum atomic E-state index is 0. The molecular formula is C7H19NPt. The zero-order chi connectivity index (χ0) is 4.50. The van der Waals surface area contributed by atoms with Crippen molar-refractivity contribution in [1.82, 2.24) is 0 Å². The van der Waals surface area contributed by atoms with Gasteiger partial charge in [-0.05, 0) is 0 Å². The van der Waals surface area contributed by atoms with Crippen molar-refractivity contribution in [1.29, 1.82) is 0 Å². The maximum atomic E-state index is 3.77. The molecule has 2 N–H and O–H groups in total. The van der Waals surface area contributed by atoms with E-state index in [0.29, 0.717) is 0 Å². The smallest absolute Gasteiger partial charge is 0.693 e. The van der Waals surface area contributed by atoms with E-state index >= 15 is 0 Å². The molecule has 0 bridgehead atoms. The molecule has 0 saturated heterocycles. The normalized spacial score (nSPS) is 6.67. The molecule has 1 nitrogen and oxygen atoms in total. The van der Waals surface area contributed by atoms with Gasteiger partial charge < -0.3 is 27.9 Å². The SMILES string of the molecule is [CH2-]C(C)(C)C.[CH3-].[CH3-].[NH2-].[Pt+4]. The van der Waals surface area contributed by atoms with Crippen LogP contribution in [0.15, 0.2) is 0 Å². The molecule has 0 rings (SSSR count). The Labute approximate surface area is 75.5 Å². The van der Waals surface area contributed by atoms with E-state index in [0.717, 1.165) is 0 Å². The average molecular weight is 312 g/mol. The Morgan fingerprint density at radius 2 is 1.00 bits per heavy atom. The van der Waals surface area contributed by atoms with Gasteiger partial charge in [-0.2, -0.15) is 5.41 Å². The van der Waals surface area contributed by atoms with Crippen molar-refractivity contribution in [2.45, 2.75) is 20.8 Å². The van der Waals surface area contributed by atoms with Crippen LogP contribution >= 0.6 is 0 Å². The summed E-state index contributed by atoms with van der Waals surface area (Å²) in [7, 11) is 0. The number of hydrogen-bond acceptors (Lipinski definition) is 0. The van der Waals surface area contributed by atoms with E-state index in [1.807, 2.05) is 0 Å². The standard InChI is InChI=1S/C5H11.2CH3.H2N.Pt/c1-5(2,3)4;;;;/h1H2,2-4H3;2*1H3;1H2;/q4*-1;+4. The van der Waals surface area contributed by atoms with Gasteiger partial charge >= 0.3 is 21.1 Å². The molecule has 0 aliphatic carbocycles. The van der Waals surface area contributed by atoms with Gasteiger partial charge in [-0.3, -0.25) is 0 Å². The number of nitrogens with two attached hydrogens (primary N) is 1. The predicted octanol–water partition coefficient (Wildman–Crippen LogP) is 3.48. The quantitative estimate of drug-likeness (QED) is 0.614. The van der Waals surface area contributed by atoms with Gasteiger partial charge in [-0.1, -0.05) is 20.8 Å². The van der Waals surface area contributed by atoms with Crippen molar-refractivity contribution < 1.29 is 21.1 Å². The second-order valence-corrected chi connectivity index (χ2v) is 2.56. The average Bonchev–Trinajstić information content (AvgIpc) is 0.722. The maximum absolute atomic E-state index is 3.77. The molecule has 0 fully saturated rings. The third kappa shape index (κ3) is 909. The fourth-order valence-electron chi connectivity index (χ4n) is 0. The molecule has 62 valence electrons.